The number of nitrogens with two attached hydrogens (primary N) is 1. The van der Waals surface area contributed by atoms with Gasteiger partial charge in [0.05, 0.1) is 11.0 Å². The Labute approximate surface area is 121 Å². The summed E-state index contributed by atoms with van der Waals surface area (Å²) in [5, 5.41) is 3.07. The van der Waals surface area contributed by atoms with E-state index in [0.29, 0.717) is 30.7 Å². The summed E-state index contributed by atoms with van der Waals surface area (Å²) in [7, 11) is 0. The Bertz CT molecular complexity index is 703. The molecular weight excluding hydrogens is 270 g/mol. The average Bonchev–Trinajstić information content (AvgIpc) is 2.53. The fourth-order valence-corrected chi connectivity index (χ4v) is 2.46. The highest BCUT2D eigenvalue weighted by molar-refractivity contribution is 5.99. The lowest BCUT2D eigenvalue weighted by Crippen LogP contribution is -2.58. The standard InChI is InChI=1S/C14H15N5O2/c15-13(20)12-8-16-5-6-19(12)14(21)9-1-2-10-11(7-9)18-4-3-17-10/h1-4,7,12,16H,5-6,8H2,(H2,15,20). The topological polar surface area (TPSA) is 101 Å². The number of rotatable bonds is 2. The minimum Gasteiger partial charge on any atom is -0.368 e. The summed E-state index contributed by atoms with van der Waals surface area (Å²) in [6.07, 6.45) is 3.18. The van der Waals surface area contributed by atoms with E-state index >= 15 is 0 Å². The Balaban J connectivity index is 1.93. The van der Waals surface area contributed by atoms with E-state index in [4.69, 9.17) is 5.73 Å². The number of hydrogen-bond acceptors (Lipinski definition) is 5. The first-order valence-corrected chi connectivity index (χ1v) is 6.68. The lowest BCUT2D eigenvalue weighted by Gasteiger charge is -2.34. The van der Waals surface area contributed by atoms with Crippen molar-refractivity contribution in [3.8, 4) is 0 Å². The van der Waals surface area contributed by atoms with Gasteiger partial charge in [-0.3, -0.25) is 19.6 Å². The molecule has 21 heavy (non-hydrogen) atoms. The minimum atomic E-state index is -0.621. The van der Waals surface area contributed by atoms with Crippen LogP contribution < -0.4 is 11.1 Å². The highest BCUT2D eigenvalue weighted by Gasteiger charge is 2.31. The first kappa shape index (κ1) is 13.4. The number of fused-ring (bicyclic) bond motifs is 1. The first-order valence-electron chi connectivity index (χ1n) is 6.68. The third-order valence-corrected chi connectivity index (χ3v) is 3.55. The fraction of sp³-hybridized carbons (Fsp3) is 0.286. The zero-order valence-electron chi connectivity index (χ0n) is 11.3. The van der Waals surface area contributed by atoms with Crippen LogP contribution in [0, 0.1) is 0 Å². The number of benzene rings is 1. The van der Waals surface area contributed by atoms with E-state index in [1.165, 1.54) is 4.90 Å². The number of carbonyl (C=O) groups is 2. The lowest BCUT2D eigenvalue weighted by molar-refractivity contribution is -0.122. The summed E-state index contributed by atoms with van der Waals surface area (Å²) < 4.78 is 0. The molecule has 1 aliphatic rings. The van der Waals surface area contributed by atoms with Crippen molar-refractivity contribution in [1.82, 2.24) is 20.2 Å². The number of carbonyl (C=O) groups excluding carboxylic acids is 2. The number of nitrogens with zero attached hydrogens (tertiary/aromatic N) is 3. The molecule has 0 aliphatic carbocycles. The van der Waals surface area contributed by atoms with Crippen molar-refractivity contribution in [2.45, 2.75) is 6.04 Å². The molecule has 2 amide bonds. The molecule has 1 unspecified atom stereocenters. The minimum absolute atomic E-state index is 0.215. The molecule has 0 saturated carbocycles. The predicted octanol–water partition coefficient (Wildman–Crippen LogP) is -0.471. The van der Waals surface area contributed by atoms with Crippen LogP contribution in [0.2, 0.25) is 0 Å². The highest BCUT2D eigenvalue weighted by Crippen LogP contribution is 2.15. The molecule has 3 N–H and O–H groups in total. The summed E-state index contributed by atoms with van der Waals surface area (Å²) in [6, 6.07) is 4.50. The molecular formula is C14H15N5O2. The van der Waals surface area contributed by atoms with Crippen LogP contribution in [0.4, 0.5) is 0 Å². The second-order valence-corrected chi connectivity index (χ2v) is 4.88. The fourth-order valence-electron chi connectivity index (χ4n) is 2.46. The van der Waals surface area contributed by atoms with Crippen LogP contribution >= 0.6 is 0 Å². The third-order valence-electron chi connectivity index (χ3n) is 3.55. The summed E-state index contributed by atoms with van der Waals surface area (Å²) in [5.41, 5.74) is 7.22. The Morgan fingerprint density at radius 2 is 2.00 bits per heavy atom. The average molecular weight is 285 g/mol. The number of amides is 2. The Hall–Kier alpha value is -2.54. The van der Waals surface area contributed by atoms with Gasteiger partial charge in [-0.25, -0.2) is 0 Å². The summed E-state index contributed by atoms with van der Waals surface area (Å²) in [5.74, 6) is -0.719. The summed E-state index contributed by atoms with van der Waals surface area (Å²) in [6.45, 7) is 1.47. The molecule has 3 rings (SSSR count). The maximum Gasteiger partial charge on any atom is 0.254 e. The summed E-state index contributed by atoms with van der Waals surface area (Å²) >= 11 is 0. The molecule has 1 saturated heterocycles. The van der Waals surface area contributed by atoms with Gasteiger partial charge in [-0.05, 0) is 18.2 Å². The van der Waals surface area contributed by atoms with Crippen molar-refractivity contribution in [3.05, 3.63) is 36.2 Å². The SMILES string of the molecule is NC(=O)C1CNCCN1C(=O)c1ccc2nccnc2c1. The van der Waals surface area contributed by atoms with Crippen molar-refractivity contribution in [3.63, 3.8) is 0 Å². The molecule has 1 aromatic heterocycles. The second-order valence-electron chi connectivity index (χ2n) is 4.88. The van der Waals surface area contributed by atoms with E-state index in [2.05, 4.69) is 15.3 Å². The van der Waals surface area contributed by atoms with Gasteiger partial charge in [0.15, 0.2) is 0 Å². The van der Waals surface area contributed by atoms with Crippen molar-refractivity contribution in [1.29, 1.82) is 0 Å². The van der Waals surface area contributed by atoms with Crippen LogP contribution in [0.5, 0.6) is 0 Å². The number of primary amides is 1. The van der Waals surface area contributed by atoms with Gasteiger partial charge in [-0.15, -0.1) is 0 Å². The van der Waals surface area contributed by atoms with Gasteiger partial charge in [0.1, 0.15) is 6.04 Å². The molecule has 1 aromatic carbocycles. The molecule has 0 radical (unpaired) electrons. The van der Waals surface area contributed by atoms with Crippen molar-refractivity contribution < 1.29 is 9.59 Å². The molecule has 108 valence electrons. The molecule has 0 spiro atoms. The molecule has 1 aliphatic heterocycles. The van der Waals surface area contributed by atoms with E-state index in [1.54, 1.807) is 30.6 Å². The summed E-state index contributed by atoms with van der Waals surface area (Å²) in [4.78, 5) is 33.9. The van der Waals surface area contributed by atoms with Crippen LogP contribution in [-0.2, 0) is 4.79 Å². The molecule has 1 fully saturated rings. The third kappa shape index (κ3) is 2.55. The monoisotopic (exact) mass is 285 g/mol. The van der Waals surface area contributed by atoms with E-state index in [1.807, 2.05) is 0 Å². The second kappa shape index (κ2) is 5.45. The Morgan fingerprint density at radius 1 is 1.24 bits per heavy atom. The van der Waals surface area contributed by atoms with Crippen LogP contribution in [-0.4, -0.2) is 52.4 Å². The van der Waals surface area contributed by atoms with E-state index in [9.17, 15) is 9.59 Å². The van der Waals surface area contributed by atoms with E-state index in [0.717, 1.165) is 5.52 Å². The van der Waals surface area contributed by atoms with Gasteiger partial charge in [0.25, 0.3) is 5.91 Å². The Morgan fingerprint density at radius 3 is 2.76 bits per heavy atom. The first-order chi connectivity index (χ1) is 10.2. The van der Waals surface area contributed by atoms with Crippen LogP contribution in [0.25, 0.3) is 11.0 Å². The van der Waals surface area contributed by atoms with Crippen molar-refractivity contribution in [2.75, 3.05) is 19.6 Å². The molecule has 1 atom stereocenters. The van der Waals surface area contributed by atoms with Gasteiger partial charge in [0.2, 0.25) is 5.91 Å². The highest BCUT2D eigenvalue weighted by atomic mass is 16.2. The number of nitrogens with one attached hydrogen (secondary N) is 1. The molecule has 0 bridgehead atoms. The number of piperazine rings is 1. The molecule has 2 aromatic rings. The largest absolute Gasteiger partial charge is 0.368 e. The smallest absolute Gasteiger partial charge is 0.254 e. The van der Waals surface area contributed by atoms with Gasteiger partial charge < -0.3 is 16.0 Å². The molecule has 2 heterocycles. The van der Waals surface area contributed by atoms with Gasteiger partial charge in [-0.1, -0.05) is 0 Å². The van der Waals surface area contributed by atoms with Crippen LogP contribution in [0.1, 0.15) is 10.4 Å². The van der Waals surface area contributed by atoms with Gasteiger partial charge in [-0.2, -0.15) is 0 Å². The number of aromatic nitrogens is 2. The number of hydrogen-bond donors (Lipinski definition) is 2. The predicted molar refractivity (Wildman–Crippen MR) is 76.4 cm³/mol. The van der Waals surface area contributed by atoms with Crippen molar-refractivity contribution in [2.24, 2.45) is 5.73 Å². The molecule has 7 heteroatoms. The van der Waals surface area contributed by atoms with Crippen LogP contribution in [0.15, 0.2) is 30.6 Å². The molecule has 7 nitrogen and oxygen atoms in total. The maximum atomic E-state index is 12.6. The van der Waals surface area contributed by atoms with Crippen molar-refractivity contribution >= 4 is 22.8 Å². The zero-order valence-corrected chi connectivity index (χ0v) is 11.3. The zero-order chi connectivity index (χ0) is 14.8. The lowest BCUT2D eigenvalue weighted by atomic mass is 10.1. The Kier molecular flexibility index (Phi) is 3.49. The quantitative estimate of drug-likeness (QED) is 0.776. The normalized spacial score (nSPS) is 18.7. The van der Waals surface area contributed by atoms with E-state index in [-0.39, 0.29) is 5.91 Å². The van der Waals surface area contributed by atoms with Gasteiger partial charge in [0, 0.05) is 37.6 Å². The van der Waals surface area contributed by atoms with E-state index < -0.39 is 11.9 Å². The van der Waals surface area contributed by atoms with Crippen LogP contribution in [0.3, 0.4) is 0 Å². The maximum absolute atomic E-state index is 12.6. The van der Waals surface area contributed by atoms with Gasteiger partial charge >= 0.3 is 0 Å².